The molecule has 0 bridgehead atoms. The molecule has 0 atom stereocenters. The predicted molar refractivity (Wildman–Crippen MR) is 152 cm³/mol. The number of benzene rings is 4. The van der Waals surface area contributed by atoms with Crippen LogP contribution in [0.1, 0.15) is 15.9 Å². The van der Waals surface area contributed by atoms with Crippen LogP contribution in [0.4, 0.5) is 5.69 Å². The minimum absolute atomic E-state index is 0.0504. The lowest BCUT2D eigenvalue weighted by Gasteiger charge is -2.14. The zero-order chi connectivity index (χ0) is 28.5. The van der Waals surface area contributed by atoms with E-state index in [2.05, 4.69) is 15.8 Å². The molecule has 0 saturated carbocycles. The summed E-state index contributed by atoms with van der Waals surface area (Å²) in [6.07, 6.45) is 1.46. The maximum absolute atomic E-state index is 12.9. The van der Waals surface area contributed by atoms with Gasteiger partial charge in [0.15, 0.2) is 23.0 Å². The molecule has 2 N–H and O–H groups in total. The largest absolute Gasteiger partial charge is 0.493 e. The van der Waals surface area contributed by atoms with Crippen LogP contribution in [0.15, 0.2) is 77.9 Å². The summed E-state index contributed by atoms with van der Waals surface area (Å²) in [7, 11) is 5.84. The van der Waals surface area contributed by atoms with E-state index in [1.807, 2.05) is 42.5 Å². The van der Waals surface area contributed by atoms with E-state index in [0.717, 1.165) is 16.5 Å². The third-order valence-corrected chi connectivity index (χ3v) is 5.90. The van der Waals surface area contributed by atoms with Crippen molar-refractivity contribution in [3.05, 3.63) is 83.9 Å². The van der Waals surface area contributed by atoms with Crippen LogP contribution < -0.4 is 34.4 Å². The summed E-state index contributed by atoms with van der Waals surface area (Å²) in [5, 5.41) is 9.30. The zero-order valence-electron chi connectivity index (χ0n) is 22.5. The molecule has 10 nitrogen and oxygen atoms in total. The maximum atomic E-state index is 12.9. The van der Waals surface area contributed by atoms with Gasteiger partial charge in [0.2, 0.25) is 5.75 Å². The third kappa shape index (κ3) is 6.60. The SMILES string of the molecule is COc1cc(/C=N\NC(=O)CNc2ccc3ccccc3c2)ccc1OC(=O)c1cc(OC)c(OC)c(OC)c1. The van der Waals surface area contributed by atoms with Crippen molar-refractivity contribution in [2.24, 2.45) is 5.10 Å². The van der Waals surface area contributed by atoms with E-state index >= 15 is 0 Å². The Morgan fingerprint density at radius 3 is 2.12 bits per heavy atom. The summed E-state index contributed by atoms with van der Waals surface area (Å²) in [5.41, 5.74) is 4.13. The molecule has 4 aromatic rings. The number of hydrogen-bond acceptors (Lipinski definition) is 9. The first-order valence-electron chi connectivity index (χ1n) is 12.2. The Morgan fingerprint density at radius 1 is 0.750 bits per heavy atom. The smallest absolute Gasteiger partial charge is 0.343 e. The van der Waals surface area contributed by atoms with Gasteiger partial charge in [-0.1, -0.05) is 30.3 Å². The van der Waals surface area contributed by atoms with Crippen LogP contribution >= 0.6 is 0 Å². The minimum Gasteiger partial charge on any atom is -0.493 e. The zero-order valence-corrected chi connectivity index (χ0v) is 22.5. The Kier molecular flexibility index (Phi) is 9.03. The molecule has 4 rings (SSSR count). The molecular weight excluding hydrogens is 514 g/mol. The summed E-state index contributed by atoms with van der Waals surface area (Å²) < 4.78 is 26.8. The molecule has 0 aliphatic carbocycles. The van der Waals surface area contributed by atoms with Crippen LogP contribution in [0.2, 0.25) is 0 Å². The number of esters is 1. The number of hydrogen-bond donors (Lipinski definition) is 2. The molecule has 0 radical (unpaired) electrons. The fourth-order valence-corrected chi connectivity index (χ4v) is 3.91. The number of carbonyl (C=O) groups excluding carboxylic acids is 2. The maximum Gasteiger partial charge on any atom is 0.343 e. The molecule has 40 heavy (non-hydrogen) atoms. The summed E-state index contributed by atoms with van der Waals surface area (Å²) in [6, 6.07) is 21.7. The lowest BCUT2D eigenvalue weighted by atomic mass is 10.1. The molecule has 0 unspecified atom stereocenters. The first-order chi connectivity index (χ1) is 19.4. The van der Waals surface area contributed by atoms with E-state index < -0.39 is 5.97 Å². The van der Waals surface area contributed by atoms with Gasteiger partial charge in [0.1, 0.15) is 0 Å². The number of rotatable bonds is 11. The monoisotopic (exact) mass is 543 g/mol. The van der Waals surface area contributed by atoms with Crippen LogP contribution in [0.3, 0.4) is 0 Å². The minimum atomic E-state index is -0.648. The van der Waals surface area contributed by atoms with Gasteiger partial charge in [-0.15, -0.1) is 0 Å². The van der Waals surface area contributed by atoms with Crippen molar-refractivity contribution in [3.63, 3.8) is 0 Å². The van der Waals surface area contributed by atoms with Gasteiger partial charge in [0, 0.05) is 5.69 Å². The summed E-state index contributed by atoms with van der Waals surface area (Å²) >= 11 is 0. The molecule has 1 amide bonds. The van der Waals surface area contributed by atoms with Crippen molar-refractivity contribution in [2.75, 3.05) is 40.3 Å². The highest BCUT2D eigenvalue weighted by Crippen LogP contribution is 2.38. The Balaban J connectivity index is 1.36. The van der Waals surface area contributed by atoms with Gasteiger partial charge in [0.25, 0.3) is 5.91 Å². The van der Waals surface area contributed by atoms with Gasteiger partial charge in [-0.2, -0.15) is 5.10 Å². The van der Waals surface area contributed by atoms with E-state index in [0.29, 0.717) is 28.6 Å². The van der Waals surface area contributed by atoms with E-state index in [1.165, 1.54) is 46.8 Å². The van der Waals surface area contributed by atoms with Crippen molar-refractivity contribution >= 4 is 34.6 Å². The van der Waals surface area contributed by atoms with E-state index in [4.69, 9.17) is 23.7 Å². The van der Waals surface area contributed by atoms with Crippen molar-refractivity contribution in [2.45, 2.75) is 0 Å². The van der Waals surface area contributed by atoms with Crippen molar-refractivity contribution in [3.8, 4) is 28.7 Å². The van der Waals surface area contributed by atoms with Gasteiger partial charge in [-0.05, 0) is 58.8 Å². The normalized spacial score (nSPS) is 10.7. The molecule has 0 heterocycles. The Hall–Kier alpha value is -5.25. The second-order valence-electron chi connectivity index (χ2n) is 8.42. The van der Waals surface area contributed by atoms with Crippen LogP contribution in [0.25, 0.3) is 10.8 Å². The molecular formula is C30H29N3O7. The highest BCUT2D eigenvalue weighted by atomic mass is 16.6. The molecule has 0 spiro atoms. The van der Waals surface area contributed by atoms with Gasteiger partial charge < -0.3 is 29.0 Å². The molecule has 206 valence electrons. The fraction of sp³-hybridized carbons (Fsp3) is 0.167. The topological polar surface area (TPSA) is 117 Å². The lowest BCUT2D eigenvalue weighted by Crippen LogP contribution is -2.25. The molecule has 0 aliphatic rings. The van der Waals surface area contributed by atoms with Crippen molar-refractivity contribution in [1.29, 1.82) is 0 Å². The molecule has 0 fully saturated rings. The number of anilines is 1. The number of hydrazone groups is 1. The molecule has 0 aliphatic heterocycles. The average molecular weight is 544 g/mol. The van der Waals surface area contributed by atoms with Gasteiger partial charge in [0.05, 0.1) is 46.8 Å². The highest BCUT2D eigenvalue weighted by molar-refractivity contribution is 5.93. The van der Waals surface area contributed by atoms with Crippen molar-refractivity contribution < 1.29 is 33.3 Å². The quantitative estimate of drug-likeness (QED) is 0.122. The number of nitrogens with zero attached hydrogens (tertiary/aromatic N) is 1. The molecule has 4 aromatic carbocycles. The second kappa shape index (κ2) is 13.0. The number of methoxy groups -OCH3 is 4. The number of carbonyl (C=O) groups is 2. The summed E-state index contributed by atoms with van der Waals surface area (Å²) in [4.78, 5) is 25.1. The van der Waals surface area contributed by atoms with E-state index in [9.17, 15) is 9.59 Å². The number of amides is 1. The number of nitrogens with one attached hydrogen (secondary N) is 2. The second-order valence-corrected chi connectivity index (χ2v) is 8.42. The van der Waals surface area contributed by atoms with Crippen LogP contribution in [0, 0.1) is 0 Å². The van der Waals surface area contributed by atoms with Gasteiger partial charge in [-0.25, -0.2) is 10.2 Å². The number of fused-ring (bicyclic) bond motifs is 1. The third-order valence-electron chi connectivity index (χ3n) is 5.90. The Morgan fingerprint density at radius 2 is 1.45 bits per heavy atom. The first kappa shape index (κ1) is 27.8. The van der Waals surface area contributed by atoms with Crippen molar-refractivity contribution in [1.82, 2.24) is 5.43 Å². The van der Waals surface area contributed by atoms with Gasteiger partial charge in [-0.3, -0.25) is 4.79 Å². The predicted octanol–water partition coefficient (Wildman–Crippen LogP) is 4.66. The fourth-order valence-electron chi connectivity index (χ4n) is 3.91. The van der Waals surface area contributed by atoms with Gasteiger partial charge >= 0.3 is 5.97 Å². The van der Waals surface area contributed by atoms with Crippen LogP contribution in [-0.2, 0) is 4.79 Å². The average Bonchev–Trinajstić information content (AvgIpc) is 2.99. The van der Waals surface area contributed by atoms with E-state index in [1.54, 1.807) is 18.2 Å². The van der Waals surface area contributed by atoms with Crippen LogP contribution in [-0.4, -0.2) is 53.1 Å². The Labute approximate surface area is 231 Å². The first-order valence-corrected chi connectivity index (χ1v) is 12.2. The molecule has 0 saturated heterocycles. The standard InChI is InChI=1S/C30H29N3O7/c1-36-25-13-19(17-32-33-28(34)18-31-23-11-10-20-7-5-6-8-21(20)14-23)9-12-24(25)40-30(35)22-15-26(37-2)29(39-4)27(16-22)38-3/h5-17,31H,18H2,1-4H3,(H,33,34)/b32-17-. The van der Waals surface area contributed by atoms with E-state index in [-0.39, 0.29) is 23.8 Å². The summed E-state index contributed by atoms with van der Waals surface area (Å²) in [5.74, 6) is 0.538. The highest BCUT2D eigenvalue weighted by Gasteiger charge is 2.19. The molecule has 10 heteroatoms. The Bertz CT molecular complexity index is 1530. The molecule has 0 aromatic heterocycles. The van der Waals surface area contributed by atoms with Crippen LogP contribution in [0.5, 0.6) is 28.7 Å². The lowest BCUT2D eigenvalue weighted by molar-refractivity contribution is -0.119. The number of ether oxygens (including phenoxy) is 5. The summed E-state index contributed by atoms with van der Waals surface area (Å²) in [6.45, 7) is 0.0504.